The quantitative estimate of drug-likeness (QED) is 0.658. The number of rotatable bonds is 1. The van der Waals surface area contributed by atoms with Gasteiger partial charge in [0, 0.05) is 6.20 Å². The first-order chi connectivity index (χ1) is 5.38. The van der Waals surface area contributed by atoms with Gasteiger partial charge in [0.2, 0.25) is 0 Å². The van der Waals surface area contributed by atoms with Crippen molar-refractivity contribution in [3.8, 4) is 0 Å². The minimum Gasteiger partial charge on any atom is -0.327 e. The predicted octanol–water partition coefficient (Wildman–Crippen LogP) is 3.12. The molecule has 0 amide bonds. The number of nitrogens with zero attached hydrogens (tertiary/aromatic N) is 1. The zero-order chi connectivity index (χ0) is 7.68. The van der Waals surface area contributed by atoms with Crippen LogP contribution in [0.5, 0.6) is 0 Å². The number of hydrogen-bond donors (Lipinski definition) is 0. The van der Waals surface area contributed by atoms with Crippen molar-refractivity contribution in [2.45, 2.75) is 12.3 Å². The van der Waals surface area contributed by atoms with Gasteiger partial charge < -0.3 is 4.90 Å². The zero-order valence-corrected chi connectivity index (χ0v) is 7.86. The Bertz CT molecular complexity index is 253. The summed E-state index contributed by atoms with van der Waals surface area (Å²) in [6.45, 7) is 2.21. The fraction of sp³-hybridized carbons (Fsp3) is 0.250. The van der Waals surface area contributed by atoms with E-state index < -0.39 is 0 Å². The molecule has 58 valence electrons. The van der Waals surface area contributed by atoms with Gasteiger partial charge in [-0.15, -0.1) is 23.1 Å². The minimum absolute atomic E-state index is 0.564. The van der Waals surface area contributed by atoms with Crippen LogP contribution in [0.2, 0.25) is 0 Å². The smallest absolute Gasteiger partial charge is 0.0958 e. The number of hydrogen-bond acceptors (Lipinski definition) is 3. The maximum Gasteiger partial charge on any atom is 0.0958 e. The van der Waals surface area contributed by atoms with E-state index in [9.17, 15) is 0 Å². The second-order valence-electron chi connectivity index (χ2n) is 2.38. The van der Waals surface area contributed by atoms with Gasteiger partial charge >= 0.3 is 0 Å². The largest absolute Gasteiger partial charge is 0.327 e. The SMILES string of the molecule is CC1SC=CN1c1cccs1. The maximum absolute atomic E-state index is 2.29. The first-order valence-corrected chi connectivity index (χ1v) is 5.34. The molecule has 0 aliphatic carbocycles. The summed E-state index contributed by atoms with van der Waals surface area (Å²) in [5.41, 5.74) is 0. The summed E-state index contributed by atoms with van der Waals surface area (Å²) < 4.78 is 0. The van der Waals surface area contributed by atoms with Crippen LogP contribution in [0, 0.1) is 0 Å². The second kappa shape index (κ2) is 2.91. The van der Waals surface area contributed by atoms with E-state index >= 15 is 0 Å². The molecular formula is C8H9NS2. The lowest BCUT2D eigenvalue weighted by molar-refractivity contribution is 0.981. The first-order valence-electron chi connectivity index (χ1n) is 3.52. The van der Waals surface area contributed by atoms with Crippen molar-refractivity contribution in [2.24, 2.45) is 0 Å². The third-order valence-electron chi connectivity index (χ3n) is 1.65. The van der Waals surface area contributed by atoms with Gasteiger partial charge in [-0.05, 0) is 29.8 Å². The average Bonchev–Trinajstić information content (AvgIpc) is 2.55. The standard InChI is InChI=1S/C8H9NS2/c1-7-9(4-6-10-7)8-3-2-5-11-8/h2-7H,1H3. The third kappa shape index (κ3) is 1.30. The van der Waals surface area contributed by atoms with Crippen LogP contribution in [0.15, 0.2) is 29.1 Å². The summed E-state index contributed by atoms with van der Waals surface area (Å²) in [6, 6.07) is 4.24. The van der Waals surface area contributed by atoms with Gasteiger partial charge in [0.1, 0.15) is 0 Å². The minimum atomic E-state index is 0.564. The Morgan fingerprint density at radius 1 is 1.55 bits per heavy atom. The summed E-state index contributed by atoms with van der Waals surface area (Å²) >= 11 is 3.64. The molecular weight excluding hydrogens is 174 g/mol. The van der Waals surface area contributed by atoms with Gasteiger partial charge in [-0.2, -0.15) is 0 Å². The van der Waals surface area contributed by atoms with Crippen molar-refractivity contribution in [3.05, 3.63) is 29.1 Å². The van der Waals surface area contributed by atoms with Crippen LogP contribution in [0.1, 0.15) is 6.92 Å². The molecule has 0 saturated carbocycles. The van der Waals surface area contributed by atoms with E-state index in [4.69, 9.17) is 0 Å². The van der Waals surface area contributed by atoms with E-state index in [0.29, 0.717) is 5.37 Å². The molecule has 1 aliphatic heterocycles. The molecule has 0 saturated heterocycles. The topological polar surface area (TPSA) is 3.24 Å². The van der Waals surface area contributed by atoms with E-state index in [1.165, 1.54) is 5.00 Å². The second-order valence-corrected chi connectivity index (χ2v) is 4.53. The van der Waals surface area contributed by atoms with Gasteiger partial charge in [0.05, 0.1) is 10.4 Å². The monoisotopic (exact) mass is 183 g/mol. The Morgan fingerprint density at radius 2 is 2.45 bits per heavy atom. The Balaban J connectivity index is 2.23. The van der Waals surface area contributed by atoms with E-state index in [-0.39, 0.29) is 0 Å². The van der Waals surface area contributed by atoms with Crippen LogP contribution in [-0.4, -0.2) is 5.37 Å². The summed E-state index contributed by atoms with van der Waals surface area (Å²) in [4.78, 5) is 2.29. The molecule has 0 bridgehead atoms. The molecule has 0 radical (unpaired) electrons. The third-order valence-corrected chi connectivity index (χ3v) is 3.43. The lowest BCUT2D eigenvalue weighted by atomic mass is 10.5. The summed E-state index contributed by atoms with van der Waals surface area (Å²) in [6.07, 6.45) is 2.14. The van der Waals surface area contributed by atoms with Crippen LogP contribution >= 0.6 is 23.1 Å². The highest BCUT2D eigenvalue weighted by Crippen LogP contribution is 2.32. The number of thiophene rings is 1. The van der Waals surface area contributed by atoms with Crippen molar-refractivity contribution in [2.75, 3.05) is 4.90 Å². The Labute approximate surface area is 74.7 Å². The van der Waals surface area contributed by atoms with Gasteiger partial charge in [-0.1, -0.05) is 0 Å². The summed E-state index contributed by atoms with van der Waals surface area (Å²) in [7, 11) is 0. The van der Waals surface area contributed by atoms with Crippen LogP contribution in [0.25, 0.3) is 0 Å². The van der Waals surface area contributed by atoms with Gasteiger partial charge in [0.25, 0.3) is 0 Å². The summed E-state index contributed by atoms with van der Waals surface area (Å²) in [5.74, 6) is 0. The molecule has 2 rings (SSSR count). The van der Waals surface area contributed by atoms with Crippen molar-refractivity contribution >= 4 is 28.1 Å². The number of anilines is 1. The molecule has 0 N–H and O–H groups in total. The lowest BCUT2D eigenvalue weighted by Crippen LogP contribution is -2.19. The van der Waals surface area contributed by atoms with Crippen molar-refractivity contribution in [1.82, 2.24) is 0 Å². The number of thioether (sulfide) groups is 1. The molecule has 0 aromatic carbocycles. The normalized spacial score (nSPS) is 23.0. The molecule has 1 aromatic rings. The fourth-order valence-corrected chi connectivity index (χ4v) is 2.68. The van der Waals surface area contributed by atoms with Crippen molar-refractivity contribution in [1.29, 1.82) is 0 Å². The van der Waals surface area contributed by atoms with Gasteiger partial charge in [0.15, 0.2) is 0 Å². The first kappa shape index (κ1) is 7.25. The molecule has 0 fully saturated rings. The zero-order valence-electron chi connectivity index (χ0n) is 6.23. The maximum atomic E-state index is 2.29. The van der Waals surface area contributed by atoms with E-state index in [1.54, 1.807) is 11.3 Å². The average molecular weight is 183 g/mol. The van der Waals surface area contributed by atoms with Crippen LogP contribution in [-0.2, 0) is 0 Å². The molecule has 1 unspecified atom stereocenters. The Kier molecular flexibility index (Phi) is 1.92. The van der Waals surface area contributed by atoms with E-state index in [0.717, 1.165) is 0 Å². The fourth-order valence-electron chi connectivity index (χ4n) is 1.07. The molecule has 3 heteroatoms. The van der Waals surface area contributed by atoms with Gasteiger partial charge in [-0.25, -0.2) is 0 Å². The molecule has 1 atom stereocenters. The van der Waals surface area contributed by atoms with Crippen molar-refractivity contribution in [3.63, 3.8) is 0 Å². The molecule has 11 heavy (non-hydrogen) atoms. The molecule has 1 aliphatic rings. The van der Waals surface area contributed by atoms with E-state index in [1.807, 2.05) is 11.8 Å². The molecule has 1 aromatic heterocycles. The van der Waals surface area contributed by atoms with E-state index in [2.05, 4.69) is 40.9 Å². The molecule has 2 heterocycles. The highest BCUT2D eigenvalue weighted by molar-refractivity contribution is 8.03. The summed E-state index contributed by atoms with van der Waals surface area (Å²) in [5, 5.41) is 6.15. The highest BCUT2D eigenvalue weighted by atomic mass is 32.2. The highest BCUT2D eigenvalue weighted by Gasteiger charge is 2.16. The van der Waals surface area contributed by atoms with Crippen molar-refractivity contribution < 1.29 is 0 Å². The van der Waals surface area contributed by atoms with Gasteiger partial charge in [-0.3, -0.25) is 0 Å². The molecule has 1 nitrogen and oxygen atoms in total. The lowest BCUT2D eigenvalue weighted by Gasteiger charge is -2.18. The molecule has 0 spiro atoms. The van der Waals surface area contributed by atoms with Crippen LogP contribution in [0.3, 0.4) is 0 Å². The Hall–Kier alpha value is -0.410. The van der Waals surface area contributed by atoms with Crippen LogP contribution in [0.4, 0.5) is 5.00 Å². The Morgan fingerprint density at radius 3 is 3.00 bits per heavy atom. The van der Waals surface area contributed by atoms with Crippen LogP contribution < -0.4 is 4.90 Å². The predicted molar refractivity (Wildman–Crippen MR) is 53.0 cm³/mol.